The summed E-state index contributed by atoms with van der Waals surface area (Å²) < 4.78 is 1.20. The standard InChI is InChI=1S/C11H9Cl2N3O/c1-14-7-5-10(17)16(15-6-7)9-4-2-3-8(12)11(9)13/h2-6,14H,1H3. The van der Waals surface area contributed by atoms with E-state index in [0.29, 0.717) is 21.4 Å². The molecule has 0 aliphatic carbocycles. The fourth-order valence-electron chi connectivity index (χ4n) is 1.38. The highest BCUT2D eigenvalue weighted by Crippen LogP contribution is 2.27. The van der Waals surface area contributed by atoms with Crippen molar-refractivity contribution in [2.45, 2.75) is 0 Å². The molecule has 88 valence electrons. The average Bonchev–Trinajstić information content (AvgIpc) is 2.33. The van der Waals surface area contributed by atoms with Gasteiger partial charge in [-0.3, -0.25) is 4.79 Å². The number of hydrogen-bond donors (Lipinski definition) is 1. The maximum Gasteiger partial charge on any atom is 0.273 e. The molecule has 0 radical (unpaired) electrons. The van der Waals surface area contributed by atoms with Gasteiger partial charge in [0.25, 0.3) is 5.56 Å². The highest BCUT2D eigenvalue weighted by Gasteiger charge is 2.09. The van der Waals surface area contributed by atoms with E-state index in [2.05, 4.69) is 10.4 Å². The molecule has 0 bridgehead atoms. The molecular weight excluding hydrogens is 261 g/mol. The van der Waals surface area contributed by atoms with E-state index in [0.717, 1.165) is 0 Å². The van der Waals surface area contributed by atoms with E-state index in [-0.39, 0.29) is 5.56 Å². The molecule has 0 fully saturated rings. The smallest absolute Gasteiger partial charge is 0.273 e. The summed E-state index contributed by atoms with van der Waals surface area (Å²) in [5.74, 6) is 0. The van der Waals surface area contributed by atoms with E-state index < -0.39 is 0 Å². The van der Waals surface area contributed by atoms with Gasteiger partial charge in [-0.05, 0) is 12.1 Å². The zero-order chi connectivity index (χ0) is 12.4. The lowest BCUT2D eigenvalue weighted by atomic mass is 10.3. The molecule has 0 saturated heterocycles. The Morgan fingerprint density at radius 1 is 1.35 bits per heavy atom. The van der Waals surface area contributed by atoms with Crippen molar-refractivity contribution in [2.24, 2.45) is 0 Å². The number of nitrogens with one attached hydrogen (secondary N) is 1. The van der Waals surface area contributed by atoms with Gasteiger partial charge in [-0.25, -0.2) is 0 Å². The summed E-state index contributed by atoms with van der Waals surface area (Å²) in [6, 6.07) is 6.48. The Morgan fingerprint density at radius 2 is 2.12 bits per heavy atom. The maximum atomic E-state index is 11.8. The summed E-state index contributed by atoms with van der Waals surface area (Å²) in [5.41, 5.74) is 0.831. The molecule has 2 aromatic rings. The van der Waals surface area contributed by atoms with Gasteiger partial charge in [0.1, 0.15) is 0 Å². The molecule has 0 amide bonds. The maximum absolute atomic E-state index is 11.8. The lowest BCUT2D eigenvalue weighted by Gasteiger charge is -2.08. The Hall–Kier alpha value is -1.52. The molecular formula is C11H9Cl2N3O. The van der Waals surface area contributed by atoms with Crippen molar-refractivity contribution in [3.8, 4) is 5.69 Å². The zero-order valence-corrected chi connectivity index (χ0v) is 10.5. The highest BCUT2D eigenvalue weighted by molar-refractivity contribution is 6.43. The molecule has 6 heteroatoms. The normalized spacial score (nSPS) is 10.3. The molecule has 1 aromatic carbocycles. The molecule has 0 atom stereocenters. The van der Waals surface area contributed by atoms with Crippen LogP contribution in [0.5, 0.6) is 0 Å². The van der Waals surface area contributed by atoms with Crippen molar-refractivity contribution in [3.63, 3.8) is 0 Å². The van der Waals surface area contributed by atoms with E-state index in [1.165, 1.54) is 10.7 Å². The first-order valence-corrected chi connectivity index (χ1v) is 5.60. The fourth-order valence-corrected chi connectivity index (χ4v) is 1.76. The number of nitrogens with zero attached hydrogens (tertiary/aromatic N) is 2. The Labute approximate surface area is 108 Å². The average molecular weight is 270 g/mol. The summed E-state index contributed by atoms with van der Waals surface area (Å²) in [6.07, 6.45) is 1.54. The first-order chi connectivity index (χ1) is 8.13. The van der Waals surface area contributed by atoms with Gasteiger partial charge in [0, 0.05) is 13.1 Å². The number of halogens is 2. The summed E-state index contributed by atoms with van der Waals surface area (Å²) in [5, 5.41) is 7.55. The quantitative estimate of drug-likeness (QED) is 0.912. The van der Waals surface area contributed by atoms with Crippen LogP contribution in [0.2, 0.25) is 10.0 Å². The number of rotatable bonds is 2. The second-order valence-electron chi connectivity index (χ2n) is 3.32. The Kier molecular flexibility index (Phi) is 3.36. The Bertz CT molecular complexity index is 610. The van der Waals surface area contributed by atoms with Crippen molar-refractivity contribution in [3.05, 3.63) is 50.9 Å². The third-order valence-corrected chi connectivity index (χ3v) is 3.06. The van der Waals surface area contributed by atoms with Gasteiger partial charge in [-0.1, -0.05) is 29.3 Å². The van der Waals surface area contributed by atoms with Gasteiger partial charge in [0.2, 0.25) is 0 Å². The number of benzene rings is 1. The van der Waals surface area contributed by atoms with E-state index in [4.69, 9.17) is 23.2 Å². The molecule has 0 aliphatic heterocycles. The SMILES string of the molecule is CNc1cnn(-c2cccc(Cl)c2Cl)c(=O)c1. The van der Waals surface area contributed by atoms with Crippen LogP contribution in [0.4, 0.5) is 5.69 Å². The lowest BCUT2D eigenvalue weighted by Crippen LogP contribution is -2.20. The molecule has 0 saturated carbocycles. The summed E-state index contributed by atoms with van der Waals surface area (Å²) in [7, 11) is 1.72. The van der Waals surface area contributed by atoms with Gasteiger partial charge < -0.3 is 5.32 Å². The van der Waals surface area contributed by atoms with E-state index in [1.54, 1.807) is 31.4 Å². The molecule has 4 nitrogen and oxygen atoms in total. The number of hydrogen-bond acceptors (Lipinski definition) is 3. The third-order valence-electron chi connectivity index (χ3n) is 2.25. The zero-order valence-electron chi connectivity index (χ0n) is 8.95. The minimum atomic E-state index is -0.277. The van der Waals surface area contributed by atoms with Crippen molar-refractivity contribution in [2.75, 3.05) is 12.4 Å². The second-order valence-corrected chi connectivity index (χ2v) is 4.10. The summed E-state index contributed by atoms with van der Waals surface area (Å²) in [6.45, 7) is 0. The minimum absolute atomic E-state index is 0.277. The summed E-state index contributed by atoms with van der Waals surface area (Å²) in [4.78, 5) is 11.8. The van der Waals surface area contributed by atoms with Gasteiger partial charge in [-0.15, -0.1) is 0 Å². The molecule has 17 heavy (non-hydrogen) atoms. The van der Waals surface area contributed by atoms with Crippen LogP contribution in [0.1, 0.15) is 0 Å². The monoisotopic (exact) mass is 269 g/mol. The summed E-state index contributed by atoms with van der Waals surface area (Å²) >= 11 is 11.9. The van der Waals surface area contributed by atoms with Crippen LogP contribution in [0.25, 0.3) is 5.69 Å². The molecule has 2 rings (SSSR count). The minimum Gasteiger partial charge on any atom is -0.387 e. The van der Waals surface area contributed by atoms with Crippen LogP contribution >= 0.6 is 23.2 Å². The molecule has 1 aromatic heterocycles. The van der Waals surface area contributed by atoms with Crippen LogP contribution in [0, 0.1) is 0 Å². The lowest BCUT2D eigenvalue weighted by molar-refractivity contribution is 0.808. The first kappa shape index (κ1) is 12.0. The first-order valence-electron chi connectivity index (χ1n) is 4.85. The molecule has 0 spiro atoms. The van der Waals surface area contributed by atoms with Crippen molar-refractivity contribution in [1.82, 2.24) is 9.78 Å². The van der Waals surface area contributed by atoms with Crippen LogP contribution in [-0.2, 0) is 0 Å². The van der Waals surface area contributed by atoms with E-state index in [9.17, 15) is 4.79 Å². The van der Waals surface area contributed by atoms with Crippen LogP contribution in [-0.4, -0.2) is 16.8 Å². The highest BCUT2D eigenvalue weighted by atomic mass is 35.5. The fraction of sp³-hybridized carbons (Fsp3) is 0.0909. The van der Waals surface area contributed by atoms with E-state index >= 15 is 0 Å². The van der Waals surface area contributed by atoms with Crippen LogP contribution < -0.4 is 10.9 Å². The van der Waals surface area contributed by atoms with Crippen LogP contribution in [0.3, 0.4) is 0 Å². The van der Waals surface area contributed by atoms with Gasteiger partial charge in [0.15, 0.2) is 0 Å². The third kappa shape index (κ3) is 2.28. The van der Waals surface area contributed by atoms with Crippen molar-refractivity contribution < 1.29 is 0 Å². The molecule has 1 N–H and O–H groups in total. The topological polar surface area (TPSA) is 46.9 Å². The van der Waals surface area contributed by atoms with Gasteiger partial charge in [-0.2, -0.15) is 9.78 Å². The molecule has 0 unspecified atom stereocenters. The van der Waals surface area contributed by atoms with E-state index in [1.807, 2.05) is 0 Å². The van der Waals surface area contributed by atoms with Gasteiger partial charge in [0.05, 0.1) is 27.6 Å². The van der Waals surface area contributed by atoms with Gasteiger partial charge >= 0.3 is 0 Å². The Balaban J connectivity index is 2.61. The Morgan fingerprint density at radius 3 is 2.76 bits per heavy atom. The number of aromatic nitrogens is 2. The van der Waals surface area contributed by atoms with Crippen LogP contribution in [0.15, 0.2) is 35.3 Å². The van der Waals surface area contributed by atoms with Crippen molar-refractivity contribution >= 4 is 28.9 Å². The second kappa shape index (κ2) is 4.77. The predicted octanol–water partition coefficient (Wildman–Crippen LogP) is 2.58. The molecule has 1 heterocycles. The van der Waals surface area contributed by atoms with Crippen molar-refractivity contribution in [1.29, 1.82) is 0 Å². The predicted molar refractivity (Wildman–Crippen MR) is 69.4 cm³/mol. The number of anilines is 1. The molecule has 0 aliphatic rings. The largest absolute Gasteiger partial charge is 0.387 e.